The number of aryl methyl sites for hydroxylation is 1. The molecule has 0 spiro atoms. The number of likely N-dealkylation sites (tertiary alicyclic amines) is 1. The van der Waals surface area contributed by atoms with Crippen LogP contribution in [-0.4, -0.2) is 35.8 Å². The van der Waals surface area contributed by atoms with E-state index in [1.54, 1.807) is 4.90 Å². The average molecular weight is 389 g/mol. The first-order valence-corrected chi connectivity index (χ1v) is 9.49. The number of hydrogen-bond donors (Lipinski definition) is 1. The van der Waals surface area contributed by atoms with Crippen molar-refractivity contribution in [1.82, 2.24) is 10.2 Å². The van der Waals surface area contributed by atoms with E-state index in [-0.39, 0.29) is 22.5 Å². The molecule has 1 fully saturated rings. The van der Waals surface area contributed by atoms with Crippen LogP contribution < -0.4 is 5.32 Å². The zero-order chi connectivity index (χ0) is 19.2. The van der Waals surface area contributed by atoms with Gasteiger partial charge in [-0.1, -0.05) is 48.0 Å². The Balaban J connectivity index is 1.47. The number of amides is 2. The number of nitrogens with zero attached hydrogens (tertiary/aromatic N) is 1. The molecule has 27 heavy (non-hydrogen) atoms. The number of piperidine rings is 1. The van der Waals surface area contributed by atoms with Crippen LogP contribution in [0.5, 0.6) is 0 Å². The Hall–Kier alpha value is -2.40. The van der Waals surface area contributed by atoms with E-state index in [9.17, 15) is 14.0 Å². The summed E-state index contributed by atoms with van der Waals surface area (Å²) in [5.74, 6) is -0.989. The SMILES string of the molecule is O=C(CCc1ccccc1)NC1CCN(C(=O)c2c(F)cccc2Cl)CC1. The topological polar surface area (TPSA) is 49.4 Å². The summed E-state index contributed by atoms with van der Waals surface area (Å²) >= 11 is 5.98. The molecule has 2 aromatic carbocycles. The lowest BCUT2D eigenvalue weighted by atomic mass is 10.0. The molecule has 1 aliphatic rings. The van der Waals surface area contributed by atoms with Crippen molar-refractivity contribution in [3.8, 4) is 0 Å². The van der Waals surface area contributed by atoms with Gasteiger partial charge in [-0.15, -0.1) is 0 Å². The van der Waals surface area contributed by atoms with Crippen molar-refractivity contribution in [3.05, 3.63) is 70.5 Å². The van der Waals surface area contributed by atoms with E-state index < -0.39 is 11.7 Å². The van der Waals surface area contributed by atoms with Gasteiger partial charge in [-0.2, -0.15) is 0 Å². The first-order chi connectivity index (χ1) is 13.0. The smallest absolute Gasteiger partial charge is 0.258 e. The molecular formula is C21H22ClFN2O2. The molecule has 0 atom stereocenters. The summed E-state index contributed by atoms with van der Waals surface area (Å²) < 4.78 is 13.9. The minimum Gasteiger partial charge on any atom is -0.353 e. The van der Waals surface area contributed by atoms with Crippen LogP contribution in [0.1, 0.15) is 35.2 Å². The van der Waals surface area contributed by atoms with E-state index in [0.29, 0.717) is 38.8 Å². The van der Waals surface area contributed by atoms with Crippen LogP contribution in [-0.2, 0) is 11.2 Å². The van der Waals surface area contributed by atoms with Crippen LogP contribution in [0.15, 0.2) is 48.5 Å². The fourth-order valence-corrected chi connectivity index (χ4v) is 3.53. The highest BCUT2D eigenvalue weighted by atomic mass is 35.5. The summed E-state index contributed by atoms with van der Waals surface area (Å²) in [6.07, 6.45) is 2.44. The van der Waals surface area contributed by atoms with Gasteiger partial charge in [0.25, 0.3) is 5.91 Å². The predicted molar refractivity (Wildman–Crippen MR) is 103 cm³/mol. The molecule has 3 rings (SSSR count). The molecule has 6 heteroatoms. The van der Waals surface area contributed by atoms with Crippen LogP contribution in [0, 0.1) is 5.82 Å². The van der Waals surface area contributed by atoms with Crippen LogP contribution in [0.2, 0.25) is 5.02 Å². The number of benzene rings is 2. The van der Waals surface area contributed by atoms with Crippen molar-refractivity contribution in [2.45, 2.75) is 31.7 Å². The second-order valence-corrected chi connectivity index (χ2v) is 7.12. The fourth-order valence-electron chi connectivity index (χ4n) is 3.29. The first kappa shape index (κ1) is 19.4. The number of hydrogen-bond acceptors (Lipinski definition) is 2. The van der Waals surface area contributed by atoms with Crippen LogP contribution in [0.3, 0.4) is 0 Å². The second-order valence-electron chi connectivity index (χ2n) is 6.72. The van der Waals surface area contributed by atoms with E-state index in [2.05, 4.69) is 5.32 Å². The Morgan fingerprint density at radius 1 is 1.07 bits per heavy atom. The van der Waals surface area contributed by atoms with E-state index in [4.69, 9.17) is 11.6 Å². The monoisotopic (exact) mass is 388 g/mol. The molecule has 1 N–H and O–H groups in total. The van der Waals surface area contributed by atoms with Gasteiger partial charge in [0.05, 0.1) is 10.6 Å². The van der Waals surface area contributed by atoms with Gasteiger partial charge in [0.2, 0.25) is 5.91 Å². The maximum atomic E-state index is 13.9. The summed E-state index contributed by atoms with van der Waals surface area (Å²) in [4.78, 5) is 26.3. The molecule has 1 saturated heterocycles. The summed E-state index contributed by atoms with van der Waals surface area (Å²) in [5, 5.41) is 3.16. The average Bonchev–Trinajstić information content (AvgIpc) is 2.67. The van der Waals surface area contributed by atoms with Gasteiger partial charge in [0.15, 0.2) is 0 Å². The third-order valence-corrected chi connectivity index (χ3v) is 5.12. The molecule has 1 heterocycles. The predicted octanol–water partition coefficient (Wildman–Crippen LogP) is 3.83. The summed E-state index contributed by atoms with van der Waals surface area (Å²) in [6, 6.07) is 14.1. The van der Waals surface area contributed by atoms with Gasteiger partial charge >= 0.3 is 0 Å². The van der Waals surface area contributed by atoms with Gasteiger partial charge in [-0.05, 0) is 37.0 Å². The molecule has 142 valence electrons. The van der Waals surface area contributed by atoms with E-state index in [1.807, 2.05) is 30.3 Å². The molecule has 0 saturated carbocycles. The van der Waals surface area contributed by atoms with Crippen LogP contribution in [0.4, 0.5) is 4.39 Å². The lowest BCUT2D eigenvalue weighted by Crippen LogP contribution is -2.46. The van der Waals surface area contributed by atoms with Crippen molar-refractivity contribution >= 4 is 23.4 Å². The lowest BCUT2D eigenvalue weighted by molar-refractivity contribution is -0.122. The Bertz CT molecular complexity index is 785. The highest BCUT2D eigenvalue weighted by Crippen LogP contribution is 2.22. The highest BCUT2D eigenvalue weighted by molar-refractivity contribution is 6.33. The number of carbonyl (C=O) groups is 2. The van der Waals surface area contributed by atoms with E-state index >= 15 is 0 Å². The van der Waals surface area contributed by atoms with Crippen molar-refractivity contribution in [3.63, 3.8) is 0 Å². The minimum atomic E-state index is -0.608. The van der Waals surface area contributed by atoms with Crippen molar-refractivity contribution in [1.29, 1.82) is 0 Å². The molecule has 0 aromatic heterocycles. The Labute approximate surface area is 163 Å². The molecule has 2 amide bonds. The highest BCUT2D eigenvalue weighted by Gasteiger charge is 2.27. The number of halogens is 2. The molecule has 0 radical (unpaired) electrons. The third-order valence-electron chi connectivity index (χ3n) is 4.81. The summed E-state index contributed by atoms with van der Waals surface area (Å²) in [5.41, 5.74) is 1.05. The third kappa shape index (κ3) is 5.07. The van der Waals surface area contributed by atoms with Gasteiger partial charge in [0, 0.05) is 25.6 Å². The zero-order valence-electron chi connectivity index (χ0n) is 15.0. The van der Waals surface area contributed by atoms with Crippen molar-refractivity contribution in [2.24, 2.45) is 0 Å². The standard InChI is InChI=1S/C21H22ClFN2O2/c22-17-7-4-8-18(23)20(17)21(27)25-13-11-16(12-14-25)24-19(26)10-9-15-5-2-1-3-6-15/h1-8,16H,9-14H2,(H,24,26). The minimum absolute atomic E-state index is 0.0146. The molecule has 1 aliphatic heterocycles. The maximum Gasteiger partial charge on any atom is 0.258 e. The molecule has 0 unspecified atom stereocenters. The molecular weight excluding hydrogens is 367 g/mol. The van der Waals surface area contributed by atoms with Gasteiger partial charge in [-0.3, -0.25) is 9.59 Å². The maximum absolute atomic E-state index is 13.9. The Kier molecular flexibility index (Phi) is 6.45. The number of rotatable bonds is 5. The molecule has 0 aliphatic carbocycles. The number of nitrogens with one attached hydrogen (secondary N) is 1. The number of carbonyl (C=O) groups excluding carboxylic acids is 2. The zero-order valence-corrected chi connectivity index (χ0v) is 15.7. The first-order valence-electron chi connectivity index (χ1n) is 9.11. The van der Waals surface area contributed by atoms with Gasteiger partial charge < -0.3 is 10.2 Å². The quantitative estimate of drug-likeness (QED) is 0.846. The van der Waals surface area contributed by atoms with Crippen molar-refractivity contribution < 1.29 is 14.0 Å². The normalized spacial score (nSPS) is 14.8. The van der Waals surface area contributed by atoms with Gasteiger partial charge in [-0.25, -0.2) is 4.39 Å². The summed E-state index contributed by atoms with van der Waals surface area (Å²) in [6.45, 7) is 0.931. The molecule has 4 nitrogen and oxygen atoms in total. The Morgan fingerprint density at radius 3 is 2.44 bits per heavy atom. The van der Waals surface area contributed by atoms with Crippen LogP contribution in [0.25, 0.3) is 0 Å². The van der Waals surface area contributed by atoms with Crippen LogP contribution >= 0.6 is 11.6 Å². The lowest BCUT2D eigenvalue weighted by Gasteiger charge is -2.32. The molecule has 0 bridgehead atoms. The summed E-state index contributed by atoms with van der Waals surface area (Å²) in [7, 11) is 0. The van der Waals surface area contributed by atoms with Gasteiger partial charge in [0.1, 0.15) is 5.82 Å². The van der Waals surface area contributed by atoms with E-state index in [1.165, 1.54) is 18.2 Å². The molecule has 2 aromatic rings. The van der Waals surface area contributed by atoms with E-state index in [0.717, 1.165) is 5.56 Å². The largest absolute Gasteiger partial charge is 0.353 e. The fraction of sp³-hybridized carbons (Fsp3) is 0.333. The second kappa shape index (κ2) is 9.00. The Morgan fingerprint density at radius 2 is 1.78 bits per heavy atom. The van der Waals surface area contributed by atoms with Crippen molar-refractivity contribution in [2.75, 3.05) is 13.1 Å².